The number of aliphatic hydroxyl groups is 1. The molecule has 0 bridgehead atoms. The van der Waals surface area contributed by atoms with E-state index in [-0.39, 0.29) is 6.10 Å². The number of benzene rings is 1. The Morgan fingerprint density at radius 2 is 2.21 bits per heavy atom. The van der Waals surface area contributed by atoms with Crippen molar-refractivity contribution in [3.8, 4) is 5.75 Å². The van der Waals surface area contributed by atoms with Crippen LogP contribution in [0.25, 0.3) is 0 Å². The molecule has 0 saturated carbocycles. The first-order valence-electron chi connectivity index (χ1n) is 5.07. The Hall–Kier alpha value is -1.02. The van der Waals surface area contributed by atoms with E-state index >= 15 is 0 Å². The molecule has 2 nitrogen and oxygen atoms in total. The van der Waals surface area contributed by atoms with Crippen LogP contribution in [0.5, 0.6) is 5.75 Å². The molecular formula is C12H16O2. The second-order valence-corrected chi connectivity index (χ2v) is 4.03. The predicted octanol–water partition coefficient (Wildman–Crippen LogP) is 2.31. The molecule has 1 N–H and O–H groups in total. The van der Waals surface area contributed by atoms with Crippen molar-refractivity contribution >= 4 is 0 Å². The minimum Gasteiger partial charge on any atom is -0.497 e. The maximum atomic E-state index is 9.95. The molecule has 0 fully saturated rings. The van der Waals surface area contributed by atoms with Gasteiger partial charge >= 0.3 is 0 Å². The maximum Gasteiger partial charge on any atom is 0.119 e. The average Bonchev–Trinajstić information content (AvgIpc) is 2.23. The molecule has 0 radical (unpaired) electrons. The van der Waals surface area contributed by atoms with Gasteiger partial charge in [-0.2, -0.15) is 0 Å². The van der Waals surface area contributed by atoms with Crippen molar-refractivity contribution in [2.75, 3.05) is 7.11 Å². The molecule has 0 aromatic heterocycles. The molecule has 0 heterocycles. The average molecular weight is 192 g/mol. The molecule has 0 saturated heterocycles. The molecule has 1 aromatic carbocycles. The standard InChI is InChI=1S/C12H16O2/c1-8-3-4-9-7-10(14-2)5-6-11(9)12(8)13/h5-8,12-13H,3-4H2,1-2H3. The summed E-state index contributed by atoms with van der Waals surface area (Å²) >= 11 is 0. The summed E-state index contributed by atoms with van der Waals surface area (Å²) in [6.07, 6.45) is 1.80. The van der Waals surface area contributed by atoms with Crippen molar-refractivity contribution in [3.05, 3.63) is 29.3 Å². The van der Waals surface area contributed by atoms with Crippen molar-refractivity contribution in [1.29, 1.82) is 0 Å². The van der Waals surface area contributed by atoms with Crippen LogP contribution in [0.15, 0.2) is 18.2 Å². The summed E-state index contributed by atoms with van der Waals surface area (Å²) in [5.74, 6) is 1.25. The molecule has 1 aliphatic rings. The van der Waals surface area contributed by atoms with Gasteiger partial charge in [0.15, 0.2) is 0 Å². The first kappa shape index (κ1) is 9.53. The Kier molecular flexibility index (Phi) is 2.46. The summed E-state index contributed by atoms with van der Waals surface area (Å²) < 4.78 is 5.16. The summed E-state index contributed by atoms with van der Waals surface area (Å²) in [6.45, 7) is 2.10. The van der Waals surface area contributed by atoms with Crippen molar-refractivity contribution < 1.29 is 9.84 Å². The quantitative estimate of drug-likeness (QED) is 0.740. The van der Waals surface area contributed by atoms with Crippen LogP contribution in [0, 0.1) is 5.92 Å². The number of aryl methyl sites for hydroxylation is 1. The van der Waals surface area contributed by atoms with E-state index in [0.29, 0.717) is 5.92 Å². The molecule has 2 rings (SSSR count). The topological polar surface area (TPSA) is 29.5 Å². The van der Waals surface area contributed by atoms with E-state index in [9.17, 15) is 5.11 Å². The van der Waals surface area contributed by atoms with Gasteiger partial charge in [-0.3, -0.25) is 0 Å². The number of hydrogen-bond donors (Lipinski definition) is 1. The van der Waals surface area contributed by atoms with E-state index in [1.807, 2.05) is 18.2 Å². The van der Waals surface area contributed by atoms with Gasteiger partial charge < -0.3 is 9.84 Å². The summed E-state index contributed by atoms with van der Waals surface area (Å²) in [6, 6.07) is 5.93. The second-order valence-electron chi connectivity index (χ2n) is 4.03. The molecule has 0 amide bonds. The van der Waals surface area contributed by atoms with Gasteiger partial charge in [-0.05, 0) is 42.0 Å². The summed E-state index contributed by atoms with van der Waals surface area (Å²) in [7, 11) is 1.67. The molecule has 2 unspecified atom stereocenters. The molecular weight excluding hydrogens is 176 g/mol. The molecule has 2 heteroatoms. The fourth-order valence-corrected chi connectivity index (χ4v) is 2.06. The Bertz CT molecular complexity index is 333. The second kappa shape index (κ2) is 3.62. The van der Waals surface area contributed by atoms with E-state index in [1.54, 1.807) is 7.11 Å². The van der Waals surface area contributed by atoms with Crippen molar-refractivity contribution in [1.82, 2.24) is 0 Å². The highest BCUT2D eigenvalue weighted by Crippen LogP contribution is 2.35. The number of methoxy groups -OCH3 is 1. The Balaban J connectivity index is 2.38. The van der Waals surface area contributed by atoms with Gasteiger partial charge in [-0.25, -0.2) is 0 Å². The monoisotopic (exact) mass is 192 g/mol. The smallest absolute Gasteiger partial charge is 0.119 e. The van der Waals surface area contributed by atoms with Gasteiger partial charge in [0.1, 0.15) is 5.75 Å². The van der Waals surface area contributed by atoms with Crippen LogP contribution >= 0.6 is 0 Å². The lowest BCUT2D eigenvalue weighted by molar-refractivity contribution is 0.104. The largest absolute Gasteiger partial charge is 0.497 e. The lowest BCUT2D eigenvalue weighted by Gasteiger charge is -2.27. The molecule has 14 heavy (non-hydrogen) atoms. The SMILES string of the molecule is COc1ccc2c(c1)CCC(C)C2O. The summed E-state index contributed by atoms with van der Waals surface area (Å²) in [5, 5.41) is 9.95. The minimum absolute atomic E-state index is 0.301. The first-order chi connectivity index (χ1) is 6.72. The maximum absolute atomic E-state index is 9.95. The van der Waals surface area contributed by atoms with Crippen molar-refractivity contribution in [2.45, 2.75) is 25.9 Å². The zero-order valence-corrected chi connectivity index (χ0v) is 8.66. The number of aliphatic hydroxyl groups excluding tert-OH is 1. The normalized spacial score (nSPS) is 25.6. The zero-order chi connectivity index (χ0) is 10.1. The van der Waals surface area contributed by atoms with Gasteiger partial charge in [-0.1, -0.05) is 13.0 Å². The fraction of sp³-hybridized carbons (Fsp3) is 0.500. The molecule has 1 aromatic rings. The summed E-state index contributed by atoms with van der Waals surface area (Å²) in [5.41, 5.74) is 2.31. The van der Waals surface area contributed by atoms with E-state index in [2.05, 4.69) is 6.92 Å². The third kappa shape index (κ3) is 1.50. The van der Waals surface area contributed by atoms with Crippen LogP contribution in [-0.2, 0) is 6.42 Å². The van der Waals surface area contributed by atoms with Crippen LogP contribution in [0.2, 0.25) is 0 Å². The highest BCUT2D eigenvalue weighted by atomic mass is 16.5. The molecule has 0 spiro atoms. The van der Waals surface area contributed by atoms with E-state index in [4.69, 9.17) is 4.74 Å². The Morgan fingerprint density at radius 1 is 1.43 bits per heavy atom. The number of fused-ring (bicyclic) bond motifs is 1. The minimum atomic E-state index is -0.301. The summed E-state index contributed by atoms with van der Waals surface area (Å²) in [4.78, 5) is 0. The molecule has 0 aliphatic heterocycles. The zero-order valence-electron chi connectivity index (χ0n) is 8.66. The van der Waals surface area contributed by atoms with E-state index in [0.717, 1.165) is 24.2 Å². The van der Waals surface area contributed by atoms with Gasteiger partial charge in [0.05, 0.1) is 13.2 Å². The van der Waals surface area contributed by atoms with Crippen LogP contribution in [0.3, 0.4) is 0 Å². The molecule has 2 atom stereocenters. The lowest BCUT2D eigenvalue weighted by Crippen LogP contribution is -2.17. The van der Waals surface area contributed by atoms with Gasteiger partial charge in [0.2, 0.25) is 0 Å². The predicted molar refractivity (Wildman–Crippen MR) is 55.4 cm³/mol. The number of ether oxygens (including phenoxy) is 1. The van der Waals surface area contributed by atoms with Crippen LogP contribution in [0.1, 0.15) is 30.6 Å². The highest BCUT2D eigenvalue weighted by molar-refractivity contribution is 5.38. The first-order valence-corrected chi connectivity index (χ1v) is 5.07. The third-order valence-corrected chi connectivity index (χ3v) is 3.08. The highest BCUT2D eigenvalue weighted by Gasteiger charge is 2.24. The van der Waals surface area contributed by atoms with Gasteiger partial charge in [0.25, 0.3) is 0 Å². The van der Waals surface area contributed by atoms with Crippen LogP contribution in [0.4, 0.5) is 0 Å². The molecule has 76 valence electrons. The van der Waals surface area contributed by atoms with Crippen LogP contribution in [-0.4, -0.2) is 12.2 Å². The lowest BCUT2D eigenvalue weighted by atomic mass is 9.82. The van der Waals surface area contributed by atoms with Gasteiger partial charge in [0, 0.05) is 0 Å². The molecule has 1 aliphatic carbocycles. The Labute approximate surface area is 84.5 Å². The van der Waals surface area contributed by atoms with Crippen molar-refractivity contribution in [3.63, 3.8) is 0 Å². The number of hydrogen-bond acceptors (Lipinski definition) is 2. The van der Waals surface area contributed by atoms with E-state index < -0.39 is 0 Å². The van der Waals surface area contributed by atoms with Crippen molar-refractivity contribution in [2.24, 2.45) is 5.92 Å². The number of rotatable bonds is 1. The third-order valence-electron chi connectivity index (χ3n) is 3.08. The fourth-order valence-electron chi connectivity index (χ4n) is 2.06. The van der Waals surface area contributed by atoms with E-state index in [1.165, 1.54) is 5.56 Å². The van der Waals surface area contributed by atoms with Crippen LogP contribution < -0.4 is 4.74 Å². The van der Waals surface area contributed by atoms with Gasteiger partial charge in [-0.15, -0.1) is 0 Å². The Morgan fingerprint density at radius 3 is 2.93 bits per heavy atom.